The smallest absolute Gasteiger partial charge is 0.146 e. The van der Waals surface area contributed by atoms with Crippen LogP contribution in [0.5, 0.6) is 0 Å². The van der Waals surface area contributed by atoms with Crippen molar-refractivity contribution in [3.05, 3.63) is 28.6 Å². The molecule has 0 N–H and O–H groups in total. The van der Waals surface area contributed by atoms with Crippen LogP contribution in [0.4, 0.5) is 0 Å². The molecule has 2 nitrogen and oxygen atoms in total. The zero-order valence-electron chi connectivity index (χ0n) is 10.6. The van der Waals surface area contributed by atoms with Crippen molar-refractivity contribution in [2.45, 2.75) is 46.6 Å². The summed E-state index contributed by atoms with van der Waals surface area (Å²) in [7, 11) is 0.767. The predicted molar refractivity (Wildman–Crippen MR) is 67.1 cm³/mol. The third-order valence-electron chi connectivity index (χ3n) is 2.65. The van der Waals surface area contributed by atoms with Crippen LogP contribution < -0.4 is 0 Å². The highest BCUT2D eigenvalue weighted by Gasteiger charge is 2.20. The number of hydrogen-bond acceptors (Lipinski definition) is 2. The predicted octanol–water partition coefficient (Wildman–Crippen LogP) is 1.79. The quantitative estimate of drug-likeness (QED) is 0.713. The maximum Gasteiger partial charge on any atom is 0.146 e. The Balaban J connectivity index is 3.30. The van der Waals surface area contributed by atoms with Crippen LogP contribution in [-0.4, -0.2) is 15.5 Å². The van der Waals surface area contributed by atoms with Crippen molar-refractivity contribution in [1.29, 1.82) is 0 Å². The van der Waals surface area contributed by atoms with Gasteiger partial charge in [-0.15, -0.1) is 0 Å². The van der Waals surface area contributed by atoms with Gasteiger partial charge < -0.3 is 4.43 Å². The zero-order chi connectivity index (χ0) is 11.6. The number of pyridine rings is 1. The highest BCUT2D eigenvalue weighted by atomic mass is 28.2. The van der Waals surface area contributed by atoms with Crippen LogP contribution in [0, 0.1) is 13.8 Å². The van der Waals surface area contributed by atoms with Crippen molar-refractivity contribution in [1.82, 2.24) is 4.98 Å². The lowest BCUT2D eigenvalue weighted by Gasteiger charge is -2.25. The molecule has 84 valence electrons. The molecule has 0 aliphatic heterocycles. The standard InChI is InChI=1S/C12H21NOSi/c1-8-6-13-10(7-14-15)9(2)11(8)12(3,4)5/h6H,7H2,1-5,15H3. The van der Waals surface area contributed by atoms with Crippen molar-refractivity contribution in [3.63, 3.8) is 0 Å². The van der Waals surface area contributed by atoms with Gasteiger partial charge in [-0.2, -0.15) is 0 Å². The normalized spacial score (nSPS) is 12.1. The summed E-state index contributed by atoms with van der Waals surface area (Å²) in [5, 5.41) is 0. The molecule has 1 aromatic heterocycles. The Labute approximate surface area is 95.6 Å². The Hall–Kier alpha value is -0.673. The van der Waals surface area contributed by atoms with E-state index in [4.69, 9.17) is 4.43 Å². The van der Waals surface area contributed by atoms with Crippen LogP contribution in [0.25, 0.3) is 0 Å². The van der Waals surface area contributed by atoms with E-state index in [1.54, 1.807) is 0 Å². The van der Waals surface area contributed by atoms with Gasteiger partial charge in [0.25, 0.3) is 0 Å². The van der Waals surface area contributed by atoms with Crippen molar-refractivity contribution in [2.75, 3.05) is 0 Å². The van der Waals surface area contributed by atoms with E-state index in [0.29, 0.717) is 6.61 Å². The first-order valence-electron chi connectivity index (χ1n) is 5.32. The Bertz CT molecular complexity index is 355. The molecule has 0 aromatic carbocycles. The monoisotopic (exact) mass is 223 g/mol. The number of rotatable bonds is 2. The van der Waals surface area contributed by atoms with E-state index in [-0.39, 0.29) is 5.41 Å². The van der Waals surface area contributed by atoms with Crippen LogP contribution in [0.2, 0.25) is 0 Å². The first kappa shape index (κ1) is 12.4. The second kappa shape index (κ2) is 4.45. The van der Waals surface area contributed by atoms with Gasteiger partial charge in [0.05, 0.1) is 12.3 Å². The molecule has 15 heavy (non-hydrogen) atoms. The van der Waals surface area contributed by atoms with Gasteiger partial charge in [-0.3, -0.25) is 4.98 Å². The second-order valence-electron chi connectivity index (χ2n) is 5.07. The highest BCUT2D eigenvalue weighted by molar-refractivity contribution is 5.97. The molecule has 0 saturated carbocycles. The molecule has 1 aromatic rings. The Morgan fingerprint density at radius 3 is 2.40 bits per heavy atom. The third kappa shape index (κ3) is 2.67. The molecule has 0 bridgehead atoms. The maximum atomic E-state index is 5.29. The van der Waals surface area contributed by atoms with Gasteiger partial charge in [0.15, 0.2) is 0 Å². The lowest BCUT2D eigenvalue weighted by molar-refractivity contribution is 0.331. The van der Waals surface area contributed by atoms with E-state index in [1.165, 1.54) is 16.7 Å². The van der Waals surface area contributed by atoms with Crippen molar-refractivity contribution < 1.29 is 4.43 Å². The molecule has 0 aliphatic carbocycles. The highest BCUT2D eigenvalue weighted by Crippen LogP contribution is 2.29. The molecule has 0 unspecified atom stereocenters. The van der Waals surface area contributed by atoms with Crippen LogP contribution in [0.3, 0.4) is 0 Å². The van der Waals surface area contributed by atoms with E-state index in [9.17, 15) is 0 Å². The summed E-state index contributed by atoms with van der Waals surface area (Å²) in [5.74, 6) is 0. The third-order valence-corrected chi connectivity index (χ3v) is 2.94. The molecular weight excluding hydrogens is 202 g/mol. The summed E-state index contributed by atoms with van der Waals surface area (Å²) in [6.07, 6.45) is 1.96. The van der Waals surface area contributed by atoms with Crippen LogP contribution in [0.15, 0.2) is 6.20 Å². The minimum Gasteiger partial charge on any atom is -0.422 e. The van der Waals surface area contributed by atoms with Gasteiger partial charge in [-0.25, -0.2) is 0 Å². The Kier molecular flexibility index (Phi) is 3.68. The van der Waals surface area contributed by atoms with Gasteiger partial charge >= 0.3 is 0 Å². The van der Waals surface area contributed by atoms with E-state index in [1.807, 2.05) is 6.20 Å². The van der Waals surface area contributed by atoms with Gasteiger partial charge in [0.1, 0.15) is 10.5 Å². The van der Waals surface area contributed by atoms with Crippen molar-refractivity contribution >= 4 is 10.5 Å². The van der Waals surface area contributed by atoms with Gasteiger partial charge in [0.2, 0.25) is 0 Å². The lowest BCUT2D eigenvalue weighted by Crippen LogP contribution is -2.17. The number of nitrogens with zero attached hydrogens (tertiary/aromatic N) is 1. The molecule has 0 amide bonds. The average molecular weight is 223 g/mol. The summed E-state index contributed by atoms with van der Waals surface area (Å²) in [4.78, 5) is 4.44. The fourth-order valence-electron chi connectivity index (χ4n) is 2.21. The van der Waals surface area contributed by atoms with E-state index >= 15 is 0 Å². The molecule has 3 heteroatoms. The zero-order valence-corrected chi connectivity index (χ0v) is 12.6. The van der Waals surface area contributed by atoms with E-state index < -0.39 is 0 Å². The molecule has 1 rings (SSSR count). The Morgan fingerprint density at radius 1 is 1.33 bits per heavy atom. The van der Waals surface area contributed by atoms with Crippen LogP contribution in [-0.2, 0) is 16.4 Å². The topological polar surface area (TPSA) is 22.1 Å². The lowest BCUT2D eigenvalue weighted by atomic mass is 9.81. The van der Waals surface area contributed by atoms with Gasteiger partial charge in [0, 0.05) is 6.20 Å². The molecule has 0 aliphatic rings. The van der Waals surface area contributed by atoms with Crippen molar-refractivity contribution in [3.8, 4) is 0 Å². The molecule has 1 heterocycles. The molecule has 0 atom stereocenters. The summed E-state index contributed by atoms with van der Waals surface area (Å²) in [5.41, 5.74) is 5.24. The Morgan fingerprint density at radius 2 is 1.93 bits per heavy atom. The van der Waals surface area contributed by atoms with E-state index in [2.05, 4.69) is 39.6 Å². The number of aryl methyl sites for hydroxylation is 1. The SMILES string of the molecule is Cc1cnc(CO[SiH3])c(C)c1C(C)(C)C. The maximum absolute atomic E-state index is 5.29. The average Bonchev–Trinajstić information content (AvgIpc) is 2.08. The van der Waals surface area contributed by atoms with Gasteiger partial charge in [-0.1, -0.05) is 20.8 Å². The summed E-state index contributed by atoms with van der Waals surface area (Å²) in [6.45, 7) is 11.7. The summed E-state index contributed by atoms with van der Waals surface area (Å²) in [6, 6.07) is 0. The van der Waals surface area contributed by atoms with Crippen LogP contribution in [0.1, 0.15) is 43.2 Å². The van der Waals surface area contributed by atoms with Gasteiger partial charge in [-0.05, 0) is 36.0 Å². The van der Waals surface area contributed by atoms with Crippen LogP contribution >= 0.6 is 0 Å². The first-order valence-corrected chi connectivity index (χ1v) is 6.14. The largest absolute Gasteiger partial charge is 0.422 e. The minimum absolute atomic E-state index is 0.178. The summed E-state index contributed by atoms with van der Waals surface area (Å²) < 4.78 is 5.29. The molecule has 0 spiro atoms. The second-order valence-corrected chi connectivity index (χ2v) is 5.65. The minimum atomic E-state index is 0.178. The first-order chi connectivity index (χ1) is 6.88. The van der Waals surface area contributed by atoms with E-state index in [0.717, 1.165) is 16.2 Å². The number of hydrogen-bond donors (Lipinski definition) is 0. The fourth-order valence-corrected chi connectivity index (χ4v) is 2.49. The molecule has 0 radical (unpaired) electrons. The molecular formula is C12H21NOSi. The number of aromatic nitrogens is 1. The van der Waals surface area contributed by atoms with Crippen molar-refractivity contribution in [2.24, 2.45) is 0 Å². The fraction of sp³-hybridized carbons (Fsp3) is 0.583. The molecule has 0 fully saturated rings. The molecule has 0 saturated heterocycles. The summed E-state index contributed by atoms with van der Waals surface area (Å²) >= 11 is 0.